The first-order valence-electron chi connectivity index (χ1n) is 4.79. The third-order valence-electron chi connectivity index (χ3n) is 3.22. The molecule has 0 saturated carbocycles. The van der Waals surface area contributed by atoms with E-state index < -0.39 is 0 Å². The summed E-state index contributed by atoms with van der Waals surface area (Å²) in [6.45, 7) is 3.81. The predicted octanol–water partition coefficient (Wildman–Crippen LogP) is 0.690. The van der Waals surface area contributed by atoms with Crippen LogP contribution in [0.2, 0.25) is 0 Å². The van der Waals surface area contributed by atoms with Crippen molar-refractivity contribution >= 4 is 0 Å². The molecule has 11 heavy (non-hydrogen) atoms. The second kappa shape index (κ2) is 3.11. The van der Waals surface area contributed by atoms with Crippen molar-refractivity contribution in [1.82, 2.24) is 10.2 Å². The van der Waals surface area contributed by atoms with E-state index in [1.807, 2.05) is 0 Å². The van der Waals surface area contributed by atoms with Gasteiger partial charge < -0.3 is 10.2 Å². The highest BCUT2D eigenvalue weighted by molar-refractivity contribution is 4.88. The van der Waals surface area contributed by atoms with Gasteiger partial charge in [-0.1, -0.05) is 0 Å². The fourth-order valence-electron chi connectivity index (χ4n) is 2.51. The summed E-state index contributed by atoms with van der Waals surface area (Å²) in [7, 11) is 2.27. The number of hydrogen-bond donors (Lipinski definition) is 1. The van der Waals surface area contributed by atoms with Crippen LogP contribution >= 0.6 is 0 Å². The Morgan fingerprint density at radius 2 is 2.27 bits per heavy atom. The van der Waals surface area contributed by atoms with Crippen LogP contribution in [0.4, 0.5) is 0 Å². The summed E-state index contributed by atoms with van der Waals surface area (Å²) in [6.07, 6.45) is 4.19. The molecule has 0 radical (unpaired) electrons. The van der Waals surface area contributed by atoms with E-state index in [4.69, 9.17) is 0 Å². The molecule has 0 aromatic heterocycles. The van der Waals surface area contributed by atoms with Crippen molar-refractivity contribution in [2.45, 2.75) is 25.3 Å². The minimum atomic E-state index is 0.894. The van der Waals surface area contributed by atoms with Gasteiger partial charge in [-0.05, 0) is 51.9 Å². The van der Waals surface area contributed by atoms with E-state index in [0.717, 1.165) is 12.0 Å². The molecule has 2 unspecified atom stereocenters. The maximum absolute atomic E-state index is 3.51. The summed E-state index contributed by atoms with van der Waals surface area (Å²) in [6, 6.07) is 0.894. The quantitative estimate of drug-likeness (QED) is 0.552. The van der Waals surface area contributed by atoms with Crippen LogP contribution in [-0.4, -0.2) is 37.6 Å². The Kier molecular flexibility index (Phi) is 2.14. The fourth-order valence-corrected chi connectivity index (χ4v) is 2.51. The molecule has 2 rings (SSSR count). The molecule has 2 saturated heterocycles. The van der Waals surface area contributed by atoms with Gasteiger partial charge >= 0.3 is 0 Å². The molecule has 0 aromatic rings. The maximum Gasteiger partial charge on any atom is 0.0133 e. The van der Waals surface area contributed by atoms with Crippen LogP contribution in [0.5, 0.6) is 0 Å². The minimum Gasteiger partial charge on any atom is -0.316 e. The van der Waals surface area contributed by atoms with E-state index in [9.17, 15) is 0 Å². The molecule has 64 valence electrons. The normalized spacial score (nSPS) is 40.1. The fraction of sp³-hybridized carbons (Fsp3) is 1.00. The van der Waals surface area contributed by atoms with Gasteiger partial charge in [-0.15, -0.1) is 0 Å². The summed E-state index contributed by atoms with van der Waals surface area (Å²) in [5, 5.41) is 3.51. The molecule has 2 nitrogen and oxygen atoms in total. The Labute approximate surface area is 69.0 Å². The first kappa shape index (κ1) is 7.56. The summed E-state index contributed by atoms with van der Waals surface area (Å²) in [5.74, 6) is 0.947. The average molecular weight is 154 g/mol. The summed E-state index contributed by atoms with van der Waals surface area (Å²) in [5.41, 5.74) is 0. The van der Waals surface area contributed by atoms with Gasteiger partial charge in [-0.25, -0.2) is 0 Å². The Hall–Kier alpha value is -0.0800. The van der Waals surface area contributed by atoms with E-state index in [0.29, 0.717) is 0 Å². The number of hydrogen-bond acceptors (Lipinski definition) is 2. The molecule has 0 spiro atoms. The zero-order valence-corrected chi connectivity index (χ0v) is 7.34. The molecule has 0 amide bonds. The lowest BCUT2D eigenvalue weighted by Crippen LogP contribution is -2.31. The second-order valence-corrected chi connectivity index (χ2v) is 3.94. The van der Waals surface area contributed by atoms with Crippen LogP contribution in [0, 0.1) is 5.92 Å². The van der Waals surface area contributed by atoms with Gasteiger partial charge in [-0.2, -0.15) is 0 Å². The van der Waals surface area contributed by atoms with Crippen molar-refractivity contribution in [1.29, 1.82) is 0 Å². The van der Waals surface area contributed by atoms with Gasteiger partial charge in [0.15, 0.2) is 0 Å². The SMILES string of the molecule is CN1CCC2CNCCCC21. The lowest BCUT2D eigenvalue weighted by Gasteiger charge is -2.21. The third-order valence-corrected chi connectivity index (χ3v) is 3.22. The first-order chi connectivity index (χ1) is 5.38. The Morgan fingerprint density at radius 3 is 3.18 bits per heavy atom. The highest BCUT2D eigenvalue weighted by Gasteiger charge is 2.31. The summed E-state index contributed by atoms with van der Waals surface area (Å²) >= 11 is 0. The topological polar surface area (TPSA) is 15.3 Å². The Bertz CT molecular complexity index is 136. The van der Waals surface area contributed by atoms with Gasteiger partial charge in [-0.3, -0.25) is 0 Å². The second-order valence-electron chi connectivity index (χ2n) is 3.94. The first-order valence-corrected chi connectivity index (χ1v) is 4.79. The number of nitrogens with zero attached hydrogens (tertiary/aromatic N) is 1. The molecule has 0 aliphatic carbocycles. The number of fused-ring (bicyclic) bond motifs is 1. The van der Waals surface area contributed by atoms with E-state index in [2.05, 4.69) is 17.3 Å². The van der Waals surface area contributed by atoms with E-state index >= 15 is 0 Å². The molecule has 1 N–H and O–H groups in total. The van der Waals surface area contributed by atoms with E-state index in [-0.39, 0.29) is 0 Å². The van der Waals surface area contributed by atoms with Crippen LogP contribution in [0.25, 0.3) is 0 Å². The third kappa shape index (κ3) is 1.42. The number of nitrogens with one attached hydrogen (secondary N) is 1. The van der Waals surface area contributed by atoms with Crippen molar-refractivity contribution in [2.24, 2.45) is 5.92 Å². The van der Waals surface area contributed by atoms with Crippen molar-refractivity contribution in [2.75, 3.05) is 26.7 Å². The van der Waals surface area contributed by atoms with Crippen LogP contribution in [-0.2, 0) is 0 Å². The summed E-state index contributed by atoms with van der Waals surface area (Å²) < 4.78 is 0. The van der Waals surface area contributed by atoms with Crippen molar-refractivity contribution in [3.8, 4) is 0 Å². The zero-order valence-electron chi connectivity index (χ0n) is 7.34. The number of rotatable bonds is 0. The standard InChI is InChI=1S/C9H18N2/c1-11-6-4-8-7-10-5-2-3-9(8)11/h8-10H,2-7H2,1H3. The lowest BCUT2D eigenvalue weighted by molar-refractivity contribution is 0.265. The molecule has 2 heterocycles. The molecule has 2 aliphatic rings. The molecule has 0 aromatic carbocycles. The monoisotopic (exact) mass is 154 g/mol. The minimum absolute atomic E-state index is 0.894. The van der Waals surface area contributed by atoms with Gasteiger partial charge in [0.2, 0.25) is 0 Å². The van der Waals surface area contributed by atoms with Crippen LogP contribution in [0.3, 0.4) is 0 Å². The molecule has 2 atom stereocenters. The number of likely N-dealkylation sites (tertiary alicyclic amines) is 1. The van der Waals surface area contributed by atoms with Gasteiger partial charge in [0.1, 0.15) is 0 Å². The molecular formula is C9H18N2. The molecule has 2 aliphatic heterocycles. The average Bonchev–Trinajstić information content (AvgIpc) is 2.25. The van der Waals surface area contributed by atoms with Crippen LogP contribution in [0.15, 0.2) is 0 Å². The smallest absolute Gasteiger partial charge is 0.0133 e. The largest absolute Gasteiger partial charge is 0.316 e. The predicted molar refractivity (Wildman–Crippen MR) is 46.6 cm³/mol. The Morgan fingerprint density at radius 1 is 1.36 bits per heavy atom. The molecule has 2 fully saturated rings. The lowest BCUT2D eigenvalue weighted by atomic mass is 9.98. The van der Waals surface area contributed by atoms with E-state index in [1.165, 1.54) is 38.9 Å². The van der Waals surface area contributed by atoms with Gasteiger partial charge in [0, 0.05) is 6.04 Å². The zero-order chi connectivity index (χ0) is 7.68. The molecule has 2 heteroatoms. The summed E-state index contributed by atoms with van der Waals surface area (Å²) in [4.78, 5) is 2.54. The maximum atomic E-state index is 3.51. The van der Waals surface area contributed by atoms with Gasteiger partial charge in [0.05, 0.1) is 0 Å². The van der Waals surface area contributed by atoms with E-state index in [1.54, 1.807) is 0 Å². The Balaban J connectivity index is 2.00. The highest BCUT2D eigenvalue weighted by Crippen LogP contribution is 2.26. The van der Waals surface area contributed by atoms with Crippen LogP contribution < -0.4 is 5.32 Å². The highest BCUT2D eigenvalue weighted by atomic mass is 15.2. The van der Waals surface area contributed by atoms with Gasteiger partial charge in [0.25, 0.3) is 0 Å². The van der Waals surface area contributed by atoms with Crippen molar-refractivity contribution in [3.05, 3.63) is 0 Å². The molecular weight excluding hydrogens is 136 g/mol. The van der Waals surface area contributed by atoms with Crippen LogP contribution in [0.1, 0.15) is 19.3 Å². The molecule has 0 bridgehead atoms. The van der Waals surface area contributed by atoms with Crippen molar-refractivity contribution in [3.63, 3.8) is 0 Å². The van der Waals surface area contributed by atoms with Crippen molar-refractivity contribution < 1.29 is 0 Å².